The van der Waals surface area contributed by atoms with Gasteiger partial charge in [0.05, 0.1) is 36.8 Å². The van der Waals surface area contributed by atoms with Crippen LogP contribution in [0.15, 0.2) is 107 Å². The number of fused-ring (bicyclic) bond motifs is 1. The van der Waals surface area contributed by atoms with Crippen LogP contribution in [0.5, 0.6) is 5.75 Å². The van der Waals surface area contributed by atoms with E-state index in [0.29, 0.717) is 38.3 Å². The first kappa shape index (κ1) is 24.2. The van der Waals surface area contributed by atoms with Gasteiger partial charge in [0.1, 0.15) is 12.4 Å². The normalized spacial score (nSPS) is 17.5. The lowest BCUT2D eigenvalue weighted by Gasteiger charge is -2.27. The van der Waals surface area contributed by atoms with E-state index in [1.165, 1.54) is 0 Å². The summed E-state index contributed by atoms with van der Waals surface area (Å²) in [6, 6.07) is 27.5. The second-order valence-electron chi connectivity index (χ2n) is 9.73. The standard InChI is InChI=1S/C32H29NO5/c34-26-12-14-37-31(16-26)24-8-4-7-23(15-24)20-38-27-9-10-28-29(25-11-13-36-21-25)18-32(35)33(30(28)17-27)19-22-5-2-1-3-6-22/h1-11,13,15,17-18,21,26,31,34H,12,14,16,19-20H2. The van der Waals surface area contributed by atoms with Gasteiger partial charge in [-0.2, -0.15) is 0 Å². The number of pyridine rings is 1. The van der Waals surface area contributed by atoms with E-state index < -0.39 is 0 Å². The van der Waals surface area contributed by atoms with Crippen LogP contribution in [0.3, 0.4) is 0 Å². The number of aliphatic hydroxyl groups excluding tert-OH is 1. The summed E-state index contributed by atoms with van der Waals surface area (Å²) in [7, 11) is 0. The second-order valence-corrected chi connectivity index (χ2v) is 9.73. The minimum Gasteiger partial charge on any atom is -0.489 e. The Kier molecular flexibility index (Phi) is 6.82. The molecule has 192 valence electrons. The van der Waals surface area contributed by atoms with Crippen LogP contribution in [-0.2, 0) is 17.9 Å². The predicted octanol–water partition coefficient (Wildman–Crippen LogP) is 6.10. The molecule has 3 heterocycles. The molecule has 3 aromatic carbocycles. The first-order valence-corrected chi connectivity index (χ1v) is 12.9. The van der Waals surface area contributed by atoms with Crippen LogP contribution in [0.25, 0.3) is 22.0 Å². The molecule has 6 nitrogen and oxygen atoms in total. The van der Waals surface area contributed by atoms with Crippen LogP contribution in [0.2, 0.25) is 0 Å². The molecule has 38 heavy (non-hydrogen) atoms. The van der Waals surface area contributed by atoms with E-state index in [1.807, 2.05) is 72.8 Å². The van der Waals surface area contributed by atoms with E-state index in [2.05, 4.69) is 6.07 Å². The molecule has 2 unspecified atom stereocenters. The van der Waals surface area contributed by atoms with Crippen LogP contribution >= 0.6 is 0 Å². The summed E-state index contributed by atoms with van der Waals surface area (Å²) in [6.07, 6.45) is 4.12. The Balaban J connectivity index is 1.32. The molecule has 0 radical (unpaired) electrons. The van der Waals surface area contributed by atoms with Crippen LogP contribution in [0.1, 0.15) is 35.6 Å². The highest BCUT2D eigenvalue weighted by molar-refractivity contribution is 5.95. The number of nitrogens with zero attached hydrogens (tertiary/aromatic N) is 1. The number of ether oxygens (including phenoxy) is 2. The predicted molar refractivity (Wildman–Crippen MR) is 146 cm³/mol. The van der Waals surface area contributed by atoms with E-state index in [4.69, 9.17) is 13.9 Å². The van der Waals surface area contributed by atoms with Crippen LogP contribution in [0.4, 0.5) is 0 Å². The first-order valence-electron chi connectivity index (χ1n) is 12.9. The maximum atomic E-state index is 13.3. The number of aliphatic hydroxyl groups is 1. The van der Waals surface area contributed by atoms with Gasteiger partial charge in [-0.05, 0) is 52.9 Å². The summed E-state index contributed by atoms with van der Waals surface area (Å²) in [5.41, 5.74) is 5.51. The lowest BCUT2D eigenvalue weighted by molar-refractivity contribution is -0.0448. The highest BCUT2D eigenvalue weighted by Gasteiger charge is 2.22. The molecular formula is C32H29NO5. The van der Waals surface area contributed by atoms with Crippen molar-refractivity contribution in [3.8, 4) is 16.9 Å². The highest BCUT2D eigenvalue weighted by Crippen LogP contribution is 2.32. The van der Waals surface area contributed by atoms with Gasteiger partial charge in [-0.3, -0.25) is 4.79 Å². The highest BCUT2D eigenvalue weighted by atomic mass is 16.5. The minimum absolute atomic E-state index is 0.0860. The molecule has 0 bridgehead atoms. The summed E-state index contributed by atoms with van der Waals surface area (Å²) in [6.45, 7) is 1.40. The fourth-order valence-electron chi connectivity index (χ4n) is 5.10. The molecule has 2 atom stereocenters. The van der Waals surface area contributed by atoms with Crippen molar-refractivity contribution < 1.29 is 19.0 Å². The fourth-order valence-corrected chi connectivity index (χ4v) is 5.10. The van der Waals surface area contributed by atoms with Crippen molar-refractivity contribution >= 4 is 10.9 Å². The lowest BCUT2D eigenvalue weighted by atomic mass is 9.98. The summed E-state index contributed by atoms with van der Waals surface area (Å²) in [5.74, 6) is 0.679. The number of aromatic nitrogens is 1. The second kappa shape index (κ2) is 10.7. The van der Waals surface area contributed by atoms with Crippen LogP contribution in [0, 0.1) is 0 Å². The van der Waals surface area contributed by atoms with Gasteiger partial charge >= 0.3 is 0 Å². The molecule has 2 aromatic heterocycles. The Labute approximate surface area is 220 Å². The number of hydrogen-bond acceptors (Lipinski definition) is 5. The molecule has 1 aliphatic rings. The summed E-state index contributed by atoms with van der Waals surface area (Å²) in [5, 5.41) is 11.0. The third-order valence-corrected chi connectivity index (χ3v) is 7.08. The van der Waals surface area contributed by atoms with E-state index in [9.17, 15) is 9.90 Å². The van der Waals surface area contributed by atoms with Crippen molar-refractivity contribution in [2.24, 2.45) is 0 Å². The molecule has 1 aliphatic heterocycles. The number of furan rings is 1. The van der Waals surface area contributed by atoms with E-state index in [-0.39, 0.29) is 17.8 Å². The SMILES string of the molecule is O=c1cc(-c2ccoc2)c2ccc(OCc3cccc(C4CC(O)CCO4)c3)cc2n1Cc1ccccc1. The van der Waals surface area contributed by atoms with Gasteiger partial charge < -0.3 is 23.6 Å². The fraction of sp³-hybridized carbons (Fsp3) is 0.219. The van der Waals surface area contributed by atoms with E-state index >= 15 is 0 Å². The summed E-state index contributed by atoms with van der Waals surface area (Å²) in [4.78, 5) is 13.3. The van der Waals surface area contributed by atoms with Gasteiger partial charge in [-0.1, -0.05) is 48.5 Å². The lowest BCUT2D eigenvalue weighted by Crippen LogP contribution is -2.23. The molecule has 6 rings (SSSR count). The molecule has 6 heteroatoms. The van der Waals surface area contributed by atoms with Crippen molar-refractivity contribution in [3.05, 3.63) is 124 Å². The smallest absolute Gasteiger partial charge is 0.251 e. The molecular weight excluding hydrogens is 478 g/mol. The zero-order valence-corrected chi connectivity index (χ0v) is 21.0. The maximum absolute atomic E-state index is 13.3. The quantitative estimate of drug-likeness (QED) is 0.288. The van der Waals surface area contributed by atoms with Gasteiger partial charge in [-0.15, -0.1) is 0 Å². The van der Waals surface area contributed by atoms with Crippen molar-refractivity contribution in [1.29, 1.82) is 0 Å². The van der Waals surface area contributed by atoms with Gasteiger partial charge in [0.2, 0.25) is 0 Å². The largest absolute Gasteiger partial charge is 0.489 e. The molecule has 0 saturated carbocycles. The van der Waals surface area contributed by atoms with Crippen molar-refractivity contribution in [3.63, 3.8) is 0 Å². The molecule has 1 fully saturated rings. The Morgan fingerprint density at radius 1 is 0.947 bits per heavy atom. The molecule has 0 spiro atoms. The monoisotopic (exact) mass is 507 g/mol. The average molecular weight is 508 g/mol. The molecule has 5 aromatic rings. The average Bonchev–Trinajstić information content (AvgIpc) is 3.49. The zero-order valence-electron chi connectivity index (χ0n) is 21.0. The Morgan fingerprint density at radius 3 is 2.63 bits per heavy atom. The Bertz CT molecular complexity index is 1590. The first-order chi connectivity index (χ1) is 18.6. The molecule has 0 aliphatic carbocycles. The molecule has 0 amide bonds. The van der Waals surface area contributed by atoms with Gasteiger partial charge in [0.25, 0.3) is 5.56 Å². The van der Waals surface area contributed by atoms with Gasteiger partial charge in [0.15, 0.2) is 0 Å². The van der Waals surface area contributed by atoms with E-state index in [0.717, 1.165) is 38.7 Å². The third kappa shape index (κ3) is 5.14. The number of rotatable bonds is 7. The topological polar surface area (TPSA) is 73.8 Å². The van der Waals surface area contributed by atoms with Gasteiger partial charge in [-0.25, -0.2) is 0 Å². The van der Waals surface area contributed by atoms with Crippen molar-refractivity contribution in [1.82, 2.24) is 4.57 Å². The van der Waals surface area contributed by atoms with Crippen molar-refractivity contribution in [2.45, 2.75) is 38.2 Å². The number of benzene rings is 3. The number of hydrogen-bond donors (Lipinski definition) is 1. The van der Waals surface area contributed by atoms with Crippen molar-refractivity contribution in [2.75, 3.05) is 6.61 Å². The Morgan fingerprint density at radius 2 is 1.82 bits per heavy atom. The van der Waals surface area contributed by atoms with Crippen LogP contribution < -0.4 is 10.3 Å². The molecule has 1 saturated heterocycles. The van der Waals surface area contributed by atoms with Gasteiger partial charge in [0, 0.05) is 36.1 Å². The zero-order chi connectivity index (χ0) is 25.9. The Hall–Kier alpha value is -4.13. The van der Waals surface area contributed by atoms with Crippen LogP contribution in [-0.4, -0.2) is 22.4 Å². The molecule has 1 N–H and O–H groups in total. The summed E-state index contributed by atoms with van der Waals surface area (Å²) >= 11 is 0. The summed E-state index contributed by atoms with van der Waals surface area (Å²) < 4.78 is 19.2. The maximum Gasteiger partial charge on any atom is 0.251 e. The van der Waals surface area contributed by atoms with E-state index in [1.54, 1.807) is 23.2 Å². The third-order valence-electron chi connectivity index (χ3n) is 7.08. The minimum atomic E-state index is -0.327.